The van der Waals surface area contributed by atoms with E-state index in [0.29, 0.717) is 16.3 Å². The predicted octanol–water partition coefficient (Wildman–Crippen LogP) is 2.57. The Kier molecular flexibility index (Phi) is 4.88. The number of thiazole rings is 1. The van der Waals surface area contributed by atoms with Gasteiger partial charge in [-0.2, -0.15) is 0 Å². The monoisotopic (exact) mass is 353 g/mol. The summed E-state index contributed by atoms with van der Waals surface area (Å²) < 4.78 is 26.0. The maximum absolute atomic E-state index is 12.4. The number of aromatic nitrogens is 1. The van der Waals surface area contributed by atoms with Crippen molar-refractivity contribution in [2.24, 2.45) is 0 Å². The fourth-order valence-corrected chi connectivity index (χ4v) is 3.88. The summed E-state index contributed by atoms with van der Waals surface area (Å²) >= 11 is 1.36. The van der Waals surface area contributed by atoms with Gasteiger partial charge in [-0.15, -0.1) is 11.3 Å². The summed E-state index contributed by atoms with van der Waals surface area (Å²) in [5.74, 6) is -0.377. The lowest BCUT2D eigenvalue weighted by atomic mass is 10.1. The molecule has 0 aliphatic heterocycles. The Morgan fingerprint density at radius 1 is 1.22 bits per heavy atom. The number of anilines is 1. The van der Waals surface area contributed by atoms with Gasteiger partial charge >= 0.3 is 0 Å². The van der Waals surface area contributed by atoms with Crippen LogP contribution in [0.4, 0.5) is 5.13 Å². The molecule has 0 unspecified atom stereocenters. The summed E-state index contributed by atoms with van der Waals surface area (Å²) in [6.45, 7) is 5.41. The van der Waals surface area contributed by atoms with Crippen molar-refractivity contribution in [2.45, 2.75) is 25.7 Å². The highest BCUT2D eigenvalue weighted by molar-refractivity contribution is 7.89. The quantitative estimate of drug-likeness (QED) is 0.916. The van der Waals surface area contributed by atoms with Gasteiger partial charge in [-0.25, -0.2) is 17.7 Å². The van der Waals surface area contributed by atoms with Gasteiger partial charge in [0, 0.05) is 30.7 Å². The summed E-state index contributed by atoms with van der Waals surface area (Å²) in [5, 5.41) is 3.18. The van der Waals surface area contributed by atoms with Crippen molar-refractivity contribution in [1.29, 1.82) is 0 Å². The molecule has 1 N–H and O–H groups in total. The molecule has 2 rings (SSSR count). The zero-order valence-electron chi connectivity index (χ0n) is 13.7. The Morgan fingerprint density at radius 2 is 1.87 bits per heavy atom. The average molecular weight is 353 g/mol. The molecule has 8 heteroatoms. The van der Waals surface area contributed by atoms with Gasteiger partial charge in [0.1, 0.15) is 0 Å². The molecule has 0 aliphatic rings. The van der Waals surface area contributed by atoms with Crippen molar-refractivity contribution in [3.05, 3.63) is 39.9 Å². The van der Waals surface area contributed by atoms with Crippen LogP contribution in [-0.4, -0.2) is 37.7 Å². The van der Waals surface area contributed by atoms with Crippen molar-refractivity contribution in [3.63, 3.8) is 0 Å². The first kappa shape index (κ1) is 17.6. The van der Waals surface area contributed by atoms with E-state index in [4.69, 9.17) is 0 Å². The molecule has 2 aromatic rings. The molecule has 1 amide bonds. The Balaban J connectivity index is 2.44. The van der Waals surface area contributed by atoms with Crippen molar-refractivity contribution >= 4 is 32.4 Å². The molecule has 0 aliphatic carbocycles. The Morgan fingerprint density at radius 3 is 2.39 bits per heavy atom. The summed E-state index contributed by atoms with van der Waals surface area (Å²) in [7, 11) is -0.680. The molecule has 1 aromatic heterocycles. The molecule has 0 atom stereocenters. The van der Waals surface area contributed by atoms with Crippen molar-refractivity contribution in [2.75, 3.05) is 19.4 Å². The minimum absolute atomic E-state index is 0.142. The highest BCUT2D eigenvalue weighted by atomic mass is 32.2. The van der Waals surface area contributed by atoms with E-state index in [9.17, 15) is 13.2 Å². The van der Waals surface area contributed by atoms with Crippen LogP contribution < -0.4 is 5.32 Å². The SMILES string of the molecule is Cc1cnc(NC(=O)c2cc(C)c(C)c(S(=O)(=O)N(C)C)c2)s1. The topological polar surface area (TPSA) is 79.4 Å². The number of benzene rings is 1. The highest BCUT2D eigenvalue weighted by Crippen LogP contribution is 2.24. The third-order valence-electron chi connectivity index (χ3n) is 3.48. The molecule has 1 heterocycles. The summed E-state index contributed by atoms with van der Waals surface area (Å²) in [4.78, 5) is 17.6. The molecule has 23 heavy (non-hydrogen) atoms. The van der Waals surface area contributed by atoms with E-state index in [1.165, 1.54) is 31.5 Å². The zero-order chi connectivity index (χ0) is 17.4. The molecule has 0 saturated heterocycles. The fourth-order valence-electron chi connectivity index (χ4n) is 2.00. The van der Waals surface area contributed by atoms with Crippen LogP contribution in [0.2, 0.25) is 0 Å². The number of carbonyl (C=O) groups is 1. The molecule has 6 nitrogen and oxygen atoms in total. The van der Waals surface area contributed by atoms with Crippen molar-refractivity contribution < 1.29 is 13.2 Å². The van der Waals surface area contributed by atoms with Gasteiger partial charge in [0.25, 0.3) is 5.91 Å². The third-order valence-corrected chi connectivity index (χ3v) is 6.25. The normalized spacial score (nSPS) is 11.7. The van der Waals surface area contributed by atoms with Crippen LogP contribution in [0.25, 0.3) is 0 Å². The Labute approximate surface area is 140 Å². The average Bonchev–Trinajstić information content (AvgIpc) is 2.86. The maximum atomic E-state index is 12.4. The van der Waals surface area contributed by atoms with Crippen molar-refractivity contribution in [3.8, 4) is 0 Å². The molecule has 0 radical (unpaired) electrons. The number of rotatable bonds is 4. The van der Waals surface area contributed by atoms with E-state index in [0.717, 1.165) is 14.7 Å². The number of amides is 1. The number of aryl methyl sites for hydroxylation is 2. The smallest absolute Gasteiger partial charge is 0.257 e. The first-order valence-electron chi connectivity index (χ1n) is 6.90. The number of sulfonamides is 1. The molecule has 1 aromatic carbocycles. The van der Waals surface area contributed by atoms with E-state index in [2.05, 4.69) is 10.3 Å². The highest BCUT2D eigenvalue weighted by Gasteiger charge is 2.23. The second kappa shape index (κ2) is 6.38. The van der Waals surface area contributed by atoms with Gasteiger partial charge in [-0.1, -0.05) is 0 Å². The van der Waals surface area contributed by atoms with Crippen LogP contribution in [0.1, 0.15) is 26.4 Å². The first-order valence-corrected chi connectivity index (χ1v) is 9.16. The van der Waals surface area contributed by atoms with E-state index in [1.54, 1.807) is 26.1 Å². The van der Waals surface area contributed by atoms with Gasteiger partial charge < -0.3 is 0 Å². The molecule has 124 valence electrons. The fraction of sp³-hybridized carbons (Fsp3) is 0.333. The van der Waals surface area contributed by atoms with Gasteiger partial charge in [-0.05, 0) is 44.0 Å². The number of hydrogen-bond acceptors (Lipinski definition) is 5. The van der Waals surface area contributed by atoms with Crippen LogP contribution in [0, 0.1) is 20.8 Å². The Bertz CT molecular complexity index is 855. The predicted molar refractivity (Wildman–Crippen MR) is 91.6 cm³/mol. The number of carbonyl (C=O) groups excluding carboxylic acids is 1. The molecular weight excluding hydrogens is 334 g/mol. The van der Waals surface area contributed by atoms with Crippen LogP contribution >= 0.6 is 11.3 Å². The second-order valence-electron chi connectivity index (χ2n) is 5.43. The third kappa shape index (κ3) is 3.60. The lowest BCUT2D eigenvalue weighted by Gasteiger charge is -2.16. The largest absolute Gasteiger partial charge is 0.298 e. The van der Waals surface area contributed by atoms with Gasteiger partial charge in [0.2, 0.25) is 10.0 Å². The van der Waals surface area contributed by atoms with Gasteiger partial charge in [0.15, 0.2) is 5.13 Å². The molecule has 0 bridgehead atoms. The minimum atomic E-state index is -3.61. The number of hydrogen-bond donors (Lipinski definition) is 1. The van der Waals surface area contributed by atoms with Gasteiger partial charge in [0.05, 0.1) is 4.90 Å². The van der Waals surface area contributed by atoms with Crippen LogP contribution in [0.15, 0.2) is 23.2 Å². The lowest BCUT2D eigenvalue weighted by molar-refractivity contribution is 0.102. The molecule has 0 spiro atoms. The molecule has 0 saturated carbocycles. The minimum Gasteiger partial charge on any atom is -0.298 e. The van der Waals surface area contributed by atoms with Crippen LogP contribution in [0.5, 0.6) is 0 Å². The standard InChI is InChI=1S/C15H19N3O3S2/c1-9-6-12(14(19)17-15-16-8-10(2)22-15)7-13(11(9)3)23(20,21)18(4)5/h6-8H,1-5H3,(H,16,17,19). The van der Waals surface area contributed by atoms with Crippen LogP contribution in [-0.2, 0) is 10.0 Å². The van der Waals surface area contributed by atoms with Crippen LogP contribution in [0.3, 0.4) is 0 Å². The number of nitrogens with zero attached hydrogens (tertiary/aromatic N) is 2. The lowest BCUT2D eigenvalue weighted by Crippen LogP contribution is -2.24. The summed E-state index contributed by atoms with van der Waals surface area (Å²) in [5.41, 5.74) is 1.68. The summed E-state index contributed by atoms with van der Waals surface area (Å²) in [6, 6.07) is 3.09. The zero-order valence-corrected chi connectivity index (χ0v) is 15.3. The second-order valence-corrected chi connectivity index (χ2v) is 8.79. The number of nitrogens with one attached hydrogen (secondary N) is 1. The van der Waals surface area contributed by atoms with Crippen molar-refractivity contribution in [1.82, 2.24) is 9.29 Å². The Hall–Kier alpha value is -1.77. The summed E-state index contributed by atoms with van der Waals surface area (Å²) in [6.07, 6.45) is 1.67. The van der Waals surface area contributed by atoms with E-state index in [1.807, 2.05) is 6.92 Å². The van der Waals surface area contributed by atoms with E-state index < -0.39 is 10.0 Å². The first-order chi connectivity index (χ1) is 10.6. The maximum Gasteiger partial charge on any atom is 0.257 e. The van der Waals surface area contributed by atoms with E-state index in [-0.39, 0.29) is 10.8 Å². The van der Waals surface area contributed by atoms with Gasteiger partial charge in [-0.3, -0.25) is 10.1 Å². The van der Waals surface area contributed by atoms with E-state index >= 15 is 0 Å². The molecule has 0 fully saturated rings. The molecular formula is C15H19N3O3S2.